The summed E-state index contributed by atoms with van der Waals surface area (Å²) in [5.41, 5.74) is 3.17. The van der Waals surface area contributed by atoms with Gasteiger partial charge in [-0.15, -0.1) is 0 Å². The largest absolute Gasteiger partial charge is 0.490 e. The van der Waals surface area contributed by atoms with Crippen molar-refractivity contribution in [3.05, 3.63) is 86.0 Å². The van der Waals surface area contributed by atoms with Crippen molar-refractivity contribution in [3.8, 4) is 17.6 Å². The maximum atomic E-state index is 13.5. The van der Waals surface area contributed by atoms with Crippen molar-refractivity contribution < 1.29 is 13.9 Å². The highest BCUT2D eigenvalue weighted by molar-refractivity contribution is 14.1. The Balaban J connectivity index is 1.65. The third kappa shape index (κ3) is 5.46. The summed E-state index contributed by atoms with van der Waals surface area (Å²) in [6.45, 7) is 2.72. The van der Waals surface area contributed by atoms with Crippen LogP contribution < -0.4 is 9.47 Å². The summed E-state index contributed by atoms with van der Waals surface area (Å²) in [5, 5.41) is 10.4. The second-order valence-electron chi connectivity index (χ2n) is 7.09. The molecule has 1 aromatic heterocycles. The predicted octanol–water partition coefficient (Wildman–Crippen LogP) is 7.00. The number of hydrogen-bond acceptors (Lipinski definition) is 4. The number of aromatic amines is 1. The van der Waals surface area contributed by atoms with Gasteiger partial charge < -0.3 is 14.5 Å². The van der Waals surface area contributed by atoms with Gasteiger partial charge in [-0.3, -0.25) is 0 Å². The number of H-pyrrole nitrogens is 1. The van der Waals surface area contributed by atoms with Crippen LogP contribution in [0.2, 0.25) is 5.02 Å². The minimum Gasteiger partial charge on any atom is -0.490 e. The molecule has 0 aliphatic heterocycles. The van der Waals surface area contributed by atoms with Crippen LogP contribution in [0.15, 0.2) is 54.6 Å². The smallest absolute Gasteiger partial charge is 0.175 e. The Morgan fingerprint density at radius 1 is 1.18 bits per heavy atom. The summed E-state index contributed by atoms with van der Waals surface area (Å²) in [6, 6.07) is 17.6. The molecule has 3 aromatic carbocycles. The number of allylic oxidation sites excluding steroid dienone is 1. The molecule has 0 aliphatic rings. The Hall–Kier alpha value is -3.09. The Morgan fingerprint density at radius 3 is 2.70 bits per heavy atom. The summed E-state index contributed by atoms with van der Waals surface area (Å²) in [5.74, 6) is 1.20. The van der Waals surface area contributed by atoms with Crippen LogP contribution in [0.3, 0.4) is 0 Å². The van der Waals surface area contributed by atoms with Crippen LogP contribution in [0, 0.1) is 20.7 Å². The molecule has 0 amide bonds. The highest BCUT2D eigenvalue weighted by Crippen LogP contribution is 2.36. The van der Waals surface area contributed by atoms with Crippen LogP contribution in [0.5, 0.6) is 11.5 Å². The zero-order valence-electron chi connectivity index (χ0n) is 17.5. The average Bonchev–Trinajstić information content (AvgIpc) is 3.21. The third-order valence-electron chi connectivity index (χ3n) is 4.76. The number of benzene rings is 3. The summed E-state index contributed by atoms with van der Waals surface area (Å²) >= 11 is 8.14. The molecular weight excluding hydrogens is 556 g/mol. The first kappa shape index (κ1) is 23.1. The summed E-state index contributed by atoms with van der Waals surface area (Å²) < 4.78 is 26.2. The lowest BCUT2D eigenvalue weighted by molar-refractivity contribution is 0.267. The maximum absolute atomic E-state index is 13.5. The minimum absolute atomic E-state index is 0.319. The second kappa shape index (κ2) is 10.2. The average molecular weight is 574 g/mol. The Bertz CT molecular complexity index is 1380. The van der Waals surface area contributed by atoms with Gasteiger partial charge in [0.25, 0.3) is 0 Å². The lowest BCUT2D eigenvalue weighted by atomic mass is 10.1. The van der Waals surface area contributed by atoms with E-state index in [0.717, 1.165) is 14.7 Å². The van der Waals surface area contributed by atoms with Gasteiger partial charge >= 0.3 is 0 Å². The molecule has 33 heavy (non-hydrogen) atoms. The molecule has 1 heterocycles. The van der Waals surface area contributed by atoms with E-state index >= 15 is 0 Å². The van der Waals surface area contributed by atoms with Gasteiger partial charge in [0.2, 0.25) is 0 Å². The van der Waals surface area contributed by atoms with Gasteiger partial charge in [0.05, 0.1) is 26.8 Å². The van der Waals surface area contributed by atoms with Crippen molar-refractivity contribution in [2.75, 3.05) is 6.61 Å². The fraction of sp³-hybridized carbons (Fsp3) is 0.120. The maximum Gasteiger partial charge on any atom is 0.175 e. The highest BCUT2D eigenvalue weighted by Gasteiger charge is 2.14. The molecule has 1 N–H and O–H groups in total. The van der Waals surface area contributed by atoms with Crippen molar-refractivity contribution in [1.29, 1.82) is 5.26 Å². The van der Waals surface area contributed by atoms with Crippen LogP contribution in [0.4, 0.5) is 4.39 Å². The van der Waals surface area contributed by atoms with E-state index in [2.05, 4.69) is 38.6 Å². The number of nitrogens with zero attached hydrogens (tertiary/aromatic N) is 2. The first-order chi connectivity index (χ1) is 16.0. The lowest BCUT2D eigenvalue weighted by Gasteiger charge is -2.15. The SMILES string of the molecule is CCOc1cc(/C=C(/C#N)c2nc3ccc(F)cc3[nH]2)cc(I)c1OCc1ccc(Cl)cc1. The van der Waals surface area contributed by atoms with Gasteiger partial charge in [-0.2, -0.15) is 5.26 Å². The molecule has 4 rings (SSSR count). The van der Waals surface area contributed by atoms with Gasteiger partial charge in [0.1, 0.15) is 24.3 Å². The molecular formula is C25H18ClFIN3O2. The molecule has 0 fully saturated rings. The molecule has 0 spiro atoms. The van der Waals surface area contributed by atoms with Gasteiger partial charge in [-0.1, -0.05) is 23.7 Å². The quantitative estimate of drug-likeness (QED) is 0.191. The van der Waals surface area contributed by atoms with Crippen LogP contribution in [-0.2, 0) is 6.61 Å². The highest BCUT2D eigenvalue weighted by atomic mass is 127. The van der Waals surface area contributed by atoms with E-state index < -0.39 is 0 Å². The molecule has 0 saturated carbocycles. The first-order valence-electron chi connectivity index (χ1n) is 10.1. The van der Waals surface area contributed by atoms with Crippen molar-refractivity contribution in [2.24, 2.45) is 0 Å². The molecule has 0 radical (unpaired) electrons. The van der Waals surface area contributed by atoms with Crippen LogP contribution in [-0.4, -0.2) is 16.6 Å². The van der Waals surface area contributed by atoms with E-state index in [1.807, 2.05) is 43.3 Å². The van der Waals surface area contributed by atoms with Gasteiger partial charge in [0.15, 0.2) is 11.5 Å². The van der Waals surface area contributed by atoms with Crippen LogP contribution >= 0.6 is 34.2 Å². The molecule has 0 atom stereocenters. The number of fused-ring (bicyclic) bond motifs is 1. The zero-order chi connectivity index (χ0) is 23.4. The third-order valence-corrected chi connectivity index (χ3v) is 5.81. The number of nitrogens with one attached hydrogen (secondary N) is 1. The number of ether oxygens (including phenoxy) is 2. The number of aromatic nitrogens is 2. The molecule has 5 nitrogen and oxygen atoms in total. The van der Waals surface area contributed by atoms with Gasteiger partial charge in [-0.05, 0) is 89.2 Å². The van der Waals surface area contributed by atoms with E-state index in [1.54, 1.807) is 12.1 Å². The number of halogens is 3. The van der Waals surface area contributed by atoms with E-state index in [-0.39, 0.29) is 5.82 Å². The van der Waals surface area contributed by atoms with Crippen molar-refractivity contribution >= 4 is 56.9 Å². The Labute approximate surface area is 209 Å². The second-order valence-corrected chi connectivity index (χ2v) is 8.69. The molecule has 166 valence electrons. The summed E-state index contributed by atoms with van der Waals surface area (Å²) in [7, 11) is 0. The van der Waals surface area contributed by atoms with Crippen molar-refractivity contribution in [1.82, 2.24) is 9.97 Å². The zero-order valence-corrected chi connectivity index (χ0v) is 20.4. The minimum atomic E-state index is -0.370. The number of imidazole rings is 1. The standard InChI is InChI=1S/C25H18ClFIN3O2/c1-2-32-23-11-16(10-20(28)24(23)33-14-15-3-5-18(26)6-4-15)9-17(13-29)25-30-21-8-7-19(27)12-22(21)31-25/h3-12H,2,14H2,1H3,(H,30,31)/b17-9-. The van der Waals surface area contributed by atoms with E-state index in [0.29, 0.717) is 52.2 Å². The summed E-state index contributed by atoms with van der Waals surface area (Å²) in [6.07, 6.45) is 1.71. The topological polar surface area (TPSA) is 70.9 Å². The van der Waals surface area contributed by atoms with Crippen LogP contribution in [0.25, 0.3) is 22.7 Å². The fourth-order valence-electron chi connectivity index (χ4n) is 3.24. The fourth-order valence-corrected chi connectivity index (χ4v) is 4.15. The molecule has 0 saturated heterocycles. The number of nitriles is 1. The number of rotatable bonds is 7. The Morgan fingerprint density at radius 2 is 1.97 bits per heavy atom. The molecule has 4 aromatic rings. The van der Waals surface area contributed by atoms with E-state index in [1.165, 1.54) is 12.1 Å². The van der Waals surface area contributed by atoms with Crippen molar-refractivity contribution in [3.63, 3.8) is 0 Å². The summed E-state index contributed by atoms with van der Waals surface area (Å²) in [4.78, 5) is 7.42. The molecule has 8 heteroatoms. The van der Waals surface area contributed by atoms with E-state index in [4.69, 9.17) is 21.1 Å². The molecule has 0 unspecified atom stereocenters. The van der Waals surface area contributed by atoms with Crippen LogP contribution in [0.1, 0.15) is 23.9 Å². The van der Waals surface area contributed by atoms with E-state index in [9.17, 15) is 9.65 Å². The van der Waals surface area contributed by atoms with Gasteiger partial charge in [0, 0.05) is 5.02 Å². The monoisotopic (exact) mass is 573 g/mol. The Kier molecular flexibility index (Phi) is 7.16. The molecule has 0 bridgehead atoms. The molecule has 0 aliphatic carbocycles. The van der Waals surface area contributed by atoms with Crippen molar-refractivity contribution in [2.45, 2.75) is 13.5 Å². The predicted molar refractivity (Wildman–Crippen MR) is 136 cm³/mol. The normalized spacial score (nSPS) is 11.4. The first-order valence-corrected chi connectivity index (χ1v) is 11.5. The lowest BCUT2D eigenvalue weighted by Crippen LogP contribution is -2.02. The number of hydrogen-bond donors (Lipinski definition) is 1. The van der Waals surface area contributed by atoms with Gasteiger partial charge in [-0.25, -0.2) is 9.37 Å².